The van der Waals surface area contributed by atoms with Gasteiger partial charge in [0.15, 0.2) is 6.54 Å². The lowest BCUT2D eigenvalue weighted by Gasteiger charge is -2.34. The number of para-hydroxylation sites is 2. The zero-order chi connectivity index (χ0) is 17.6. The predicted octanol–water partition coefficient (Wildman–Crippen LogP) is 1.18. The van der Waals surface area contributed by atoms with Crippen LogP contribution in [0.2, 0.25) is 0 Å². The van der Waals surface area contributed by atoms with Gasteiger partial charge in [0, 0.05) is 5.69 Å². The van der Waals surface area contributed by atoms with E-state index in [1.807, 2.05) is 18.2 Å². The van der Waals surface area contributed by atoms with Crippen molar-refractivity contribution in [1.82, 2.24) is 0 Å². The van der Waals surface area contributed by atoms with Crippen LogP contribution in [0.5, 0.6) is 5.75 Å². The summed E-state index contributed by atoms with van der Waals surface area (Å²) in [6.45, 7) is 3.85. The molecule has 0 atom stereocenters. The van der Waals surface area contributed by atoms with E-state index < -0.39 is 0 Å². The summed E-state index contributed by atoms with van der Waals surface area (Å²) in [6, 6.07) is 13.9. The molecule has 1 heterocycles. The van der Waals surface area contributed by atoms with Gasteiger partial charge in [0.05, 0.1) is 39.0 Å². The van der Waals surface area contributed by atoms with Gasteiger partial charge in [0.25, 0.3) is 5.91 Å². The number of quaternary nitrogens is 1. The average Bonchev–Trinajstić information content (AvgIpc) is 2.62. The van der Waals surface area contributed by atoms with Crippen LogP contribution in [0.15, 0.2) is 48.5 Å². The fraction of sp³-hybridized carbons (Fsp3) is 0.316. The molecule has 0 radical (unpaired) electrons. The second kappa shape index (κ2) is 7.98. The van der Waals surface area contributed by atoms with Gasteiger partial charge in [0.1, 0.15) is 11.6 Å². The van der Waals surface area contributed by atoms with Crippen molar-refractivity contribution in [2.75, 3.05) is 50.1 Å². The van der Waals surface area contributed by atoms with Crippen LogP contribution in [0.25, 0.3) is 0 Å². The summed E-state index contributed by atoms with van der Waals surface area (Å²) < 4.78 is 18.6. The Kier molecular flexibility index (Phi) is 5.50. The van der Waals surface area contributed by atoms with E-state index in [4.69, 9.17) is 4.74 Å². The number of methoxy groups -OCH3 is 1. The summed E-state index contributed by atoms with van der Waals surface area (Å²) in [4.78, 5) is 15.7. The lowest BCUT2D eigenvalue weighted by molar-refractivity contribution is -0.892. The molecule has 2 aromatic carbocycles. The minimum absolute atomic E-state index is 0.0914. The fourth-order valence-electron chi connectivity index (χ4n) is 3.13. The monoisotopic (exact) mass is 344 g/mol. The normalized spacial score (nSPS) is 15.0. The van der Waals surface area contributed by atoms with Crippen molar-refractivity contribution in [3.8, 4) is 5.75 Å². The highest BCUT2D eigenvalue weighted by molar-refractivity contribution is 5.91. The molecule has 1 saturated heterocycles. The van der Waals surface area contributed by atoms with Gasteiger partial charge >= 0.3 is 0 Å². The third kappa shape index (κ3) is 4.48. The number of amides is 1. The summed E-state index contributed by atoms with van der Waals surface area (Å²) in [7, 11) is 1.68. The standard InChI is InChI=1S/C19H22FN3O2/c1-25-18-8-3-2-7-17(18)23-11-9-22(10-12-23)14-19(24)21-16-6-4-5-15(20)13-16/h2-8,13H,9-12,14H2,1H3,(H,21,24)/p+1. The topological polar surface area (TPSA) is 46.0 Å². The van der Waals surface area contributed by atoms with Gasteiger partial charge in [-0.1, -0.05) is 18.2 Å². The minimum atomic E-state index is -0.351. The van der Waals surface area contributed by atoms with Crippen LogP contribution in [-0.2, 0) is 4.79 Å². The molecule has 2 aromatic rings. The first-order chi connectivity index (χ1) is 12.2. The van der Waals surface area contributed by atoms with Crippen molar-refractivity contribution in [1.29, 1.82) is 0 Å². The van der Waals surface area contributed by atoms with Gasteiger partial charge < -0.3 is 19.9 Å². The number of nitrogens with one attached hydrogen (secondary N) is 2. The van der Waals surface area contributed by atoms with Crippen LogP contribution >= 0.6 is 0 Å². The third-order valence-corrected chi connectivity index (χ3v) is 4.42. The molecule has 0 unspecified atom stereocenters. The number of benzene rings is 2. The lowest BCUT2D eigenvalue weighted by Crippen LogP contribution is -3.15. The molecule has 3 rings (SSSR count). The molecule has 132 valence electrons. The fourth-order valence-corrected chi connectivity index (χ4v) is 3.13. The van der Waals surface area contributed by atoms with E-state index in [1.54, 1.807) is 19.2 Å². The van der Waals surface area contributed by atoms with Gasteiger partial charge in [-0.05, 0) is 30.3 Å². The number of carbonyl (C=O) groups is 1. The number of halogens is 1. The molecule has 0 bridgehead atoms. The van der Waals surface area contributed by atoms with Gasteiger partial charge in [-0.2, -0.15) is 0 Å². The van der Waals surface area contributed by atoms with Gasteiger partial charge in [-0.25, -0.2) is 4.39 Å². The van der Waals surface area contributed by atoms with E-state index in [9.17, 15) is 9.18 Å². The van der Waals surface area contributed by atoms with E-state index in [-0.39, 0.29) is 11.7 Å². The van der Waals surface area contributed by atoms with Crippen molar-refractivity contribution in [3.63, 3.8) is 0 Å². The molecule has 6 heteroatoms. The van der Waals surface area contributed by atoms with Crippen molar-refractivity contribution in [3.05, 3.63) is 54.3 Å². The number of carbonyl (C=O) groups excluding carboxylic acids is 1. The Morgan fingerprint density at radius 1 is 1.20 bits per heavy atom. The Morgan fingerprint density at radius 2 is 1.96 bits per heavy atom. The average molecular weight is 344 g/mol. The second-order valence-corrected chi connectivity index (χ2v) is 6.14. The largest absolute Gasteiger partial charge is 0.495 e. The highest BCUT2D eigenvalue weighted by Gasteiger charge is 2.23. The van der Waals surface area contributed by atoms with E-state index in [2.05, 4.69) is 16.3 Å². The van der Waals surface area contributed by atoms with Crippen molar-refractivity contribution < 1.29 is 18.8 Å². The molecular formula is C19H23FN3O2+. The Morgan fingerprint density at radius 3 is 2.68 bits per heavy atom. The van der Waals surface area contributed by atoms with E-state index in [0.717, 1.165) is 37.6 Å². The van der Waals surface area contributed by atoms with E-state index >= 15 is 0 Å². The van der Waals surface area contributed by atoms with Crippen LogP contribution in [0.4, 0.5) is 15.8 Å². The molecule has 1 fully saturated rings. The Balaban J connectivity index is 1.51. The molecule has 25 heavy (non-hydrogen) atoms. The first-order valence-electron chi connectivity index (χ1n) is 8.42. The zero-order valence-corrected chi connectivity index (χ0v) is 14.3. The molecule has 0 aliphatic carbocycles. The summed E-state index contributed by atoms with van der Waals surface area (Å²) in [5, 5.41) is 2.76. The lowest BCUT2D eigenvalue weighted by atomic mass is 10.2. The third-order valence-electron chi connectivity index (χ3n) is 4.42. The molecule has 1 aliphatic rings. The molecule has 0 aromatic heterocycles. The maximum atomic E-state index is 13.2. The molecule has 5 nitrogen and oxygen atoms in total. The zero-order valence-electron chi connectivity index (χ0n) is 14.3. The Bertz CT molecular complexity index is 730. The number of anilines is 2. The highest BCUT2D eigenvalue weighted by Crippen LogP contribution is 2.27. The maximum absolute atomic E-state index is 13.2. The van der Waals surface area contributed by atoms with Crippen molar-refractivity contribution >= 4 is 17.3 Å². The van der Waals surface area contributed by atoms with Crippen LogP contribution in [0.1, 0.15) is 0 Å². The number of ether oxygens (including phenoxy) is 1. The van der Waals surface area contributed by atoms with E-state index in [1.165, 1.54) is 17.0 Å². The predicted molar refractivity (Wildman–Crippen MR) is 95.8 cm³/mol. The molecule has 0 saturated carbocycles. The number of hydrogen-bond donors (Lipinski definition) is 2. The number of hydrogen-bond acceptors (Lipinski definition) is 3. The van der Waals surface area contributed by atoms with Crippen LogP contribution in [-0.4, -0.2) is 45.7 Å². The molecular weight excluding hydrogens is 321 g/mol. The maximum Gasteiger partial charge on any atom is 0.279 e. The van der Waals surface area contributed by atoms with Crippen LogP contribution < -0.4 is 19.9 Å². The molecule has 1 aliphatic heterocycles. The number of rotatable bonds is 5. The molecule has 0 spiro atoms. The molecule has 2 N–H and O–H groups in total. The minimum Gasteiger partial charge on any atom is -0.495 e. The van der Waals surface area contributed by atoms with Crippen molar-refractivity contribution in [2.45, 2.75) is 0 Å². The summed E-state index contributed by atoms with van der Waals surface area (Å²) in [6.07, 6.45) is 0. The second-order valence-electron chi connectivity index (χ2n) is 6.14. The summed E-state index contributed by atoms with van der Waals surface area (Å²) in [5.74, 6) is 0.428. The van der Waals surface area contributed by atoms with Gasteiger partial charge in [-0.15, -0.1) is 0 Å². The molecule has 1 amide bonds. The van der Waals surface area contributed by atoms with Gasteiger partial charge in [-0.3, -0.25) is 4.79 Å². The first kappa shape index (κ1) is 17.2. The Labute approximate surface area is 147 Å². The highest BCUT2D eigenvalue weighted by atomic mass is 19.1. The number of nitrogens with zero attached hydrogens (tertiary/aromatic N) is 1. The van der Waals surface area contributed by atoms with Crippen molar-refractivity contribution in [2.24, 2.45) is 0 Å². The SMILES string of the molecule is COc1ccccc1N1CC[NH+](CC(=O)Nc2cccc(F)c2)CC1. The van der Waals surface area contributed by atoms with Crippen LogP contribution in [0, 0.1) is 5.82 Å². The Hall–Kier alpha value is -2.60. The first-order valence-corrected chi connectivity index (χ1v) is 8.42. The number of piperazine rings is 1. The van der Waals surface area contributed by atoms with Crippen LogP contribution in [0.3, 0.4) is 0 Å². The quantitative estimate of drug-likeness (QED) is 0.856. The smallest absolute Gasteiger partial charge is 0.279 e. The summed E-state index contributed by atoms with van der Waals surface area (Å²) >= 11 is 0. The summed E-state index contributed by atoms with van der Waals surface area (Å²) in [5.41, 5.74) is 1.59. The van der Waals surface area contributed by atoms with Gasteiger partial charge in [0.2, 0.25) is 0 Å². The van der Waals surface area contributed by atoms with E-state index in [0.29, 0.717) is 12.2 Å².